The number of rotatable bonds is 9. The summed E-state index contributed by atoms with van der Waals surface area (Å²) in [5.41, 5.74) is 2.20. The summed E-state index contributed by atoms with van der Waals surface area (Å²) in [6.45, 7) is 6.28. The zero-order valence-electron chi connectivity index (χ0n) is 17.4. The van der Waals surface area contributed by atoms with Gasteiger partial charge in [0.25, 0.3) is 0 Å². The molecule has 0 aliphatic carbocycles. The highest BCUT2D eigenvalue weighted by atomic mass is 32.2. The monoisotopic (exact) mass is 458 g/mol. The van der Waals surface area contributed by atoms with Gasteiger partial charge in [-0.25, -0.2) is 9.78 Å². The Morgan fingerprint density at radius 2 is 1.84 bits per heavy atom. The van der Waals surface area contributed by atoms with E-state index in [1.54, 1.807) is 13.8 Å². The largest absolute Gasteiger partial charge is 0.494 e. The molecule has 0 atom stereocenters. The fraction of sp³-hybridized carbons (Fsp3) is 0.286. The number of thiazole rings is 1. The Balaban J connectivity index is 1.53. The van der Waals surface area contributed by atoms with Gasteiger partial charge in [0.1, 0.15) is 15.7 Å². The van der Waals surface area contributed by atoms with Gasteiger partial charge >= 0.3 is 5.97 Å². The number of ether oxygens (including phenoxy) is 2. The number of anilines is 1. The van der Waals surface area contributed by atoms with Crippen LogP contribution in [0.2, 0.25) is 0 Å². The van der Waals surface area contributed by atoms with Gasteiger partial charge in [-0.1, -0.05) is 23.1 Å². The lowest BCUT2D eigenvalue weighted by molar-refractivity contribution is -0.113. The number of aryl methyl sites for hydroxylation is 1. The van der Waals surface area contributed by atoms with E-state index in [0.29, 0.717) is 27.3 Å². The number of carbonyl (C=O) groups excluding carboxylic acids is 2. The molecule has 0 aliphatic heterocycles. The van der Waals surface area contributed by atoms with E-state index in [1.165, 1.54) is 11.8 Å². The van der Waals surface area contributed by atoms with Crippen molar-refractivity contribution in [2.75, 3.05) is 24.3 Å². The molecule has 2 heterocycles. The van der Waals surface area contributed by atoms with Gasteiger partial charge in [-0.2, -0.15) is 0 Å². The second-order valence-corrected chi connectivity index (χ2v) is 8.20. The number of amides is 1. The average Bonchev–Trinajstić information content (AvgIpc) is 3.13. The molecule has 0 radical (unpaired) electrons. The summed E-state index contributed by atoms with van der Waals surface area (Å²) in [7, 11) is 0. The predicted octanol–water partition coefficient (Wildman–Crippen LogP) is 4.21. The van der Waals surface area contributed by atoms with Gasteiger partial charge in [-0.05, 0) is 57.2 Å². The quantitative estimate of drug-likeness (QED) is 0.376. The molecule has 162 valence electrons. The Morgan fingerprint density at radius 3 is 2.48 bits per heavy atom. The Morgan fingerprint density at radius 1 is 1.06 bits per heavy atom. The molecule has 8 nitrogen and oxygen atoms in total. The molecule has 3 rings (SSSR count). The number of hydrogen-bond donors (Lipinski definition) is 1. The van der Waals surface area contributed by atoms with Crippen LogP contribution >= 0.6 is 23.1 Å². The van der Waals surface area contributed by atoms with E-state index < -0.39 is 5.97 Å². The van der Waals surface area contributed by atoms with Crippen molar-refractivity contribution in [1.82, 2.24) is 15.2 Å². The molecule has 0 aliphatic rings. The maximum atomic E-state index is 12.2. The molecule has 2 aromatic heterocycles. The molecule has 0 saturated carbocycles. The lowest BCUT2D eigenvalue weighted by Crippen LogP contribution is -2.14. The minimum Gasteiger partial charge on any atom is -0.494 e. The maximum absolute atomic E-state index is 12.2. The highest BCUT2D eigenvalue weighted by molar-refractivity contribution is 7.99. The molecule has 0 fully saturated rings. The number of carbonyl (C=O) groups is 2. The van der Waals surface area contributed by atoms with Crippen LogP contribution in [0.4, 0.5) is 5.13 Å². The van der Waals surface area contributed by atoms with E-state index in [9.17, 15) is 9.59 Å². The summed E-state index contributed by atoms with van der Waals surface area (Å²) in [4.78, 5) is 28.7. The molecular formula is C21H22N4O4S2. The summed E-state index contributed by atoms with van der Waals surface area (Å²) in [6.07, 6.45) is 0. The Bertz CT molecular complexity index is 1040. The zero-order chi connectivity index (χ0) is 22.2. The van der Waals surface area contributed by atoms with Gasteiger partial charge in [0.2, 0.25) is 5.91 Å². The van der Waals surface area contributed by atoms with E-state index in [1.807, 2.05) is 43.3 Å². The van der Waals surface area contributed by atoms with Crippen LogP contribution in [-0.2, 0) is 9.53 Å². The van der Waals surface area contributed by atoms with Gasteiger partial charge in [0.15, 0.2) is 5.13 Å². The average molecular weight is 459 g/mol. The zero-order valence-corrected chi connectivity index (χ0v) is 19.0. The smallest absolute Gasteiger partial charge is 0.350 e. The number of aromatic nitrogens is 3. The first kappa shape index (κ1) is 22.7. The van der Waals surface area contributed by atoms with Crippen LogP contribution in [0.5, 0.6) is 5.75 Å². The minimum absolute atomic E-state index is 0.143. The number of thioether (sulfide) groups is 1. The summed E-state index contributed by atoms with van der Waals surface area (Å²) in [6, 6.07) is 11.3. The van der Waals surface area contributed by atoms with Crippen molar-refractivity contribution in [2.24, 2.45) is 0 Å². The van der Waals surface area contributed by atoms with Crippen molar-refractivity contribution in [1.29, 1.82) is 0 Å². The van der Waals surface area contributed by atoms with E-state index in [4.69, 9.17) is 9.47 Å². The highest BCUT2D eigenvalue weighted by Gasteiger charge is 2.17. The lowest BCUT2D eigenvalue weighted by Gasteiger charge is -2.05. The molecule has 10 heteroatoms. The summed E-state index contributed by atoms with van der Waals surface area (Å²) in [5.74, 6) is 0.272. The number of esters is 1. The standard InChI is InChI=1S/C21H22N4O4S2/c1-4-28-15-8-6-14(7-9-15)16-10-11-18(25-24-16)30-12-17(26)23-21-22-13(3)19(31-21)20(27)29-5-2/h6-11H,4-5,12H2,1-3H3,(H,22,23,26). The molecule has 0 unspecified atom stereocenters. The molecule has 0 bridgehead atoms. The minimum atomic E-state index is -0.435. The Labute approximate surface area is 188 Å². The number of nitrogens with one attached hydrogen (secondary N) is 1. The third kappa shape index (κ3) is 6.25. The molecule has 3 aromatic rings. The van der Waals surface area contributed by atoms with E-state index in [-0.39, 0.29) is 18.3 Å². The number of benzene rings is 1. The SMILES string of the molecule is CCOC(=O)c1sc(NC(=O)CSc2ccc(-c3ccc(OCC)cc3)nn2)nc1C. The molecule has 31 heavy (non-hydrogen) atoms. The first-order valence-electron chi connectivity index (χ1n) is 9.64. The van der Waals surface area contributed by atoms with Crippen molar-refractivity contribution in [3.8, 4) is 17.0 Å². The third-order valence-corrected chi connectivity index (χ3v) is 5.93. The van der Waals surface area contributed by atoms with Crippen molar-refractivity contribution in [2.45, 2.75) is 25.8 Å². The topological polar surface area (TPSA) is 103 Å². The Kier molecular flexibility index (Phi) is 7.96. The van der Waals surface area contributed by atoms with Crippen LogP contribution in [0.3, 0.4) is 0 Å². The van der Waals surface area contributed by atoms with Crippen molar-refractivity contribution in [3.63, 3.8) is 0 Å². The van der Waals surface area contributed by atoms with E-state index >= 15 is 0 Å². The number of nitrogens with zero attached hydrogens (tertiary/aromatic N) is 3. The predicted molar refractivity (Wildman–Crippen MR) is 121 cm³/mol. The second-order valence-electron chi connectivity index (χ2n) is 6.21. The van der Waals surface area contributed by atoms with Crippen LogP contribution in [0.15, 0.2) is 41.4 Å². The first-order valence-corrected chi connectivity index (χ1v) is 11.4. The van der Waals surface area contributed by atoms with Crippen molar-refractivity contribution >= 4 is 40.1 Å². The van der Waals surface area contributed by atoms with Gasteiger partial charge in [-0.15, -0.1) is 10.2 Å². The molecule has 1 N–H and O–H groups in total. The number of hydrogen-bond acceptors (Lipinski definition) is 9. The molecule has 1 amide bonds. The fourth-order valence-corrected chi connectivity index (χ4v) is 4.06. The van der Waals surface area contributed by atoms with E-state index in [0.717, 1.165) is 28.3 Å². The molecule has 1 aromatic carbocycles. The maximum Gasteiger partial charge on any atom is 0.350 e. The van der Waals surface area contributed by atoms with Gasteiger partial charge in [-0.3, -0.25) is 4.79 Å². The van der Waals surface area contributed by atoms with Gasteiger partial charge in [0.05, 0.1) is 30.4 Å². The van der Waals surface area contributed by atoms with Gasteiger partial charge in [0, 0.05) is 5.56 Å². The third-order valence-electron chi connectivity index (χ3n) is 3.96. The fourth-order valence-electron chi connectivity index (χ4n) is 2.57. The first-order chi connectivity index (χ1) is 15.0. The van der Waals surface area contributed by atoms with Crippen molar-refractivity contribution < 1.29 is 19.1 Å². The normalized spacial score (nSPS) is 10.5. The highest BCUT2D eigenvalue weighted by Crippen LogP contribution is 2.25. The van der Waals surface area contributed by atoms with Gasteiger partial charge < -0.3 is 14.8 Å². The van der Waals surface area contributed by atoms with Crippen LogP contribution in [0, 0.1) is 6.92 Å². The molecule has 0 saturated heterocycles. The summed E-state index contributed by atoms with van der Waals surface area (Å²) in [5, 5.41) is 12.1. The molecular weight excluding hydrogens is 436 g/mol. The Hall–Kier alpha value is -2.98. The van der Waals surface area contributed by atoms with Crippen LogP contribution < -0.4 is 10.1 Å². The molecule has 0 spiro atoms. The van der Waals surface area contributed by atoms with Crippen molar-refractivity contribution in [3.05, 3.63) is 47.0 Å². The summed E-state index contributed by atoms with van der Waals surface area (Å²) >= 11 is 2.36. The lowest BCUT2D eigenvalue weighted by atomic mass is 10.1. The van der Waals surface area contributed by atoms with E-state index in [2.05, 4.69) is 20.5 Å². The second kappa shape index (κ2) is 10.9. The summed E-state index contributed by atoms with van der Waals surface area (Å²) < 4.78 is 10.4. The van der Waals surface area contributed by atoms with Crippen LogP contribution in [0.25, 0.3) is 11.3 Å². The van der Waals surface area contributed by atoms with Crippen LogP contribution in [-0.4, -0.2) is 46.0 Å². The van der Waals surface area contributed by atoms with Crippen LogP contribution in [0.1, 0.15) is 29.2 Å².